The van der Waals surface area contributed by atoms with Crippen LogP contribution in [-0.2, 0) is 6.42 Å². The SMILES string of the molecule is COc1ccc(C(=O)N[C@H]2CC(C)(C)Cc3c2cnn3-c2ccccc2)c(OC)c1. The van der Waals surface area contributed by atoms with Crippen molar-refractivity contribution < 1.29 is 14.3 Å². The highest BCUT2D eigenvalue weighted by atomic mass is 16.5. The fourth-order valence-corrected chi connectivity index (χ4v) is 4.19. The smallest absolute Gasteiger partial charge is 0.255 e. The number of carbonyl (C=O) groups excluding carboxylic acids is 1. The Kier molecular flexibility index (Phi) is 5.24. The van der Waals surface area contributed by atoms with Crippen LogP contribution in [0.5, 0.6) is 11.5 Å². The summed E-state index contributed by atoms with van der Waals surface area (Å²) in [6, 6.07) is 15.2. The number of rotatable bonds is 5. The predicted molar refractivity (Wildman–Crippen MR) is 115 cm³/mol. The molecule has 6 heteroatoms. The number of carbonyl (C=O) groups is 1. The Hall–Kier alpha value is -3.28. The van der Waals surface area contributed by atoms with Crippen LogP contribution >= 0.6 is 0 Å². The van der Waals surface area contributed by atoms with Gasteiger partial charge in [0, 0.05) is 11.6 Å². The number of nitrogens with zero attached hydrogens (tertiary/aromatic N) is 2. The van der Waals surface area contributed by atoms with Gasteiger partial charge in [0.05, 0.1) is 43.4 Å². The first-order chi connectivity index (χ1) is 14.4. The lowest BCUT2D eigenvalue weighted by Crippen LogP contribution is -2.36. The predicted octanol–water partition coefficient (Wildman–Crippen LogP) is 4.33. The fourth-order valence-electron chi connectivity index (χ4n) is 4.19. The zero-order valence-electron chi connectivity index (χ0n) is 17.8. The first kappa shape index (κ1) is 20.0. The quantitative estimate of drug-likeness (QED) is 0.686. The van der Waals surface area contributed by atoms with E-state index in [9.17, 15) is 4.79 Å². The molecular weight excluding hydrogens is 378 g/mol. The van der Waals surface area contributed by atoms with Gasteiger partial charge in [0.25, 0.3) is 5.91 Å². The van der Waals surface area contributed by atoms with Gasteiger partial charge in [0.2, 0.25) is 0 Å². The highest BCUT2D eigenvalue weighted by Gasteiger charge is 2.36. The van der Waals surface area contributed by atoms with Gasteiger partial charge in [-0.3, -0.25) is 4.79 Å². The molecule has 0 saturated carbocycles. The second-order valence-electron chi connectivity index (χ2n) is 8.43. The lowest BCUT2D eigenvalue weighted by atomic mass is 9.74. The van der Waals surface area contributed by atoms with Crippen molar-refractivity contribution in [3.8, 4) is 17.2 Å². The number of ether oxygens (including phenoxy) is 2. The van der Waals surface area contributed by atoms with Crippen LogP contribution in [0.1, 0.15) is 47.9 Å². The van der Waals surface area contributed by atoms with Gasteiger partial charge in [-0.2, -0.15) is 5.10 Å². The van der Waals surface area contributed by atoms with Gasteiger partial charge in [-0.15, -0.1) is 0 Å². The molecule has 1 aliphatic carbocycles. The molecule has 1 aromatic heterocycles. The molecule has 0 unspecified atom stereocenters. The molecule has 0 aliphatic heterocycles. The molecule has 156 valence electrons. The number of para-hydroxylation sites is 1. The van der Waals surface area contributed by atoms with Crippen molar-refractivity contribution in [1.82, 2.24) is 15.1 Å². The maximum atomic E-state index is 13.1. The van der Waals surface area contributed by atoms with E-state index in [1.54, 1.807) is 32.4 Å². The first-order valence-corrected chi connectivity index (χ1v) is 10.1. The van der Waals surface area contributed by atoms with Crippen molar-refractivity contribution in [2.75, 3.05) is 14.2 Å². The van der Waals surface area contributed by atoms with Gasteiger partial charge in [-0.1, -0.05) is 32.0 Å². The van der Waals surface area contributed by atoms with E-state index in [1.807, 2.05) is 41.2 Å². The van der Waals surface area contributed by atoms with Gasteiger partial charge in [-0.25, -0.2) is 4.68 Å². The number of fused-ring (bicyclic) bond motifs is 1. The van der Waals surface area contributed by atoms with E-state index < -0.39 is 0 Å². The van der Waals surface area contributed by atoms with Crippen molar-refractivity contribution in [3.63, 3.8) is 0 Å². The largest absolute Gasteiger partial charge is 0.497 e. The van der Waals surface area contributed by atoms with E-state index in [4.69, 9.17) is 9.47 Å². The summed E-state index contributed by atoms with van der Waals surface area (Å²) in [5.41, 5.74) is 3.75. The minimum absolute atomic E-state index is 0.0293. The molecular formula is C24H27N3O3. The van der Waals surface area contributed by atoms with Crippen molar-refractivity contribution in [2.45, 2.75) is 32.7 Å². The lowest BCUT2D eigenvalue weighted by molar-refractivity contribution is 0.0916. The summed E-state index contributed by atoms with van der Waals surface area (Å²) in [5, 5.41) is 7.86. The Labute approximate surface area is 176 Å². The first-order valence-electron chi connectivity index (χ1n) is 10.1. The Bertz CT molecular complexity index is 1060. The normalized spacial score (nSPS) is 17.1. The highest BCUT2D eigenvalue weighted by molar-refractivity contribution is 5.97. The number of benzene rings is 2. The standard InChI is InChI=1S/C24H27N3O3/c1-24(2)13-20(26-23(28)18-11-10-17(29-3)12-22(18)30-4)19-15-25-27(21(19)14-24)16-8-6-5-7-9-16/h5-12,15,20H,13-14H2,1-4H3,(H,26,28)/t20-/m0/s1. The summed E-state index contributed by atoms with van der Waals surface area (Å²) in [7, 11) is 3.14. The summed E-state index contributed by atoms with van der Waals surface area (Å²) in [6.45, 7) is 4.46. The summed E-state index contributed by atoms with van der Waals surface area (Å²) in [5.74, 6) is 0.964. The van der Waals surface area contributed by atoms with Crippen LogP contribution in [0.2, 0.25) is 0 Å². The third-order valence-electron chi connectivity index (χ3n) is 5.64. The van der Waals surface area contributed by atoms with E-state index >= 15 is 0 Å². The minimum Gasteiger partial charge on any atom is -0.497 e. The fraction of sp³-hybridized carbons (Fsp3) is 0.333. The zero-order valence-corrected chi connectivity index (χ0v) is 17.8. The number of hydrogen-bond donors (Lipinski definition) is 1. The second kappa shape index (κ2) is 7.86. The molecule has 30 heavy (non-hydrogen) atoms. The molecule has 6 nitrogen and oxygen atoms in total. The molecule has 1 amide bonds. The summed E-state index contributed by atoms with van der Waals surface area (Å²) >= 11 is 0. The maximum absolute atomic E-state index is 13.1. The Morgan fingerprint density at radius 2 is 1.90 bits per heavy atom. The molecule has 1 aliphatic rings. The number of amides is 1. The molecule has 1 atom stereocenters. The van der Waals surface area contributed by atoms with Crippen LogP contribution in [0.4, 0.5) is 0 Å². The molecule has 1 heterocycles. The summed E-state index contributed by atoms with van der Waals surface area (Å²) in [6.07, 6.45) is 3.62. The maximum Gasteiger partial charge on any atom is 0.255 e. The van der Waals surface area contributed by atoms with Crippen molar-refractivity contribution >= 4 is 5.91 Å². The number of methoxy groups -OCH3 is 2. The van der Waals surface area contributed by atoms with E-state index in [0.29, 0.717) is 17.1 Å². The van der Waals surface area contributed by atoms with Crippen LogP contribution in [0, 0.1) is 5.41 Å². The number of nitrogens with one attached hydrogen (secondary N) is 1. The van der Waals surface area contributed by atoms with Crippen molar-refractivity contribution in [3.05, 3.63) is 71.5 Å². The molecule has 4 rings (SSSR count). The molecule has 0 fully saturated rings. The average molecular weight is 405 g/mol. The van der Waals surface area contributed by atoms with Crippen LogP contribution < -0.4 is 14.8 Å². The van der Waals surface area contributed by atoms with E-state index in [2.05, 4.69) is 24.3 Å². The Morgan fingerprint density at radius 1 is 1.13 bits per heavy atom. The number of hydrogen-bond acceptors (Lipinski definition) is 4. The Balaban J connectivity index is 1.66. The topological polar surface area (TPSA) is 65.4 Å². The zero-order chi connectivity index (χ0) is 21.3. The molecule has 0 saturated heterocycles. The monoisotopic (exact) mass is 405 g/mol. The molecule has 0 spiro atoms. The van der Waals surface area contributed by atoms with Gasteiger partial charge in [-0.05, 0) is 42.5 Å². The third kappa shape index (κ3) is 3.77. The van der Waals surface area contributed by atoms with E-state index in [-0.39, 0.29) is 17.4 Å². The summed E-state index contributed by atoms with van der Waals surface area (Å²) in [4.78, 5) is 13.1. The third-order valence-corrected chi connectivity index (χ3v) is 5.64. The van der Waals surface area contributed by atoms with Crippen molar-refractivity contribution in [1.29, 1.82) is 0 Å². The Morgan fingerprint density at radius 3 is 2.60 bits per heavy atom. The van der Waals surface area contributed by atoms with Gasteiger partial charge in [0.15, 0.2) is 0 Å². The van der Waals surface area contributed by atoms with Gasteiger partial charge in [0.1, 0.15) is 11.5 Å². The van der Waals surface area contributed by atoms with Crippen LogP contribution in [0.15, 0.2) is 54.7 Å². The molecule has 0 bridgehead atoms. The highest BCUT2D eigenvalue weighted by Crippen LogP contribution is 2.41. The van der Waals surface area contributed by atoms with E-state index in [0.717, 1.165) is 29.8 Å². The van der Waals surface area contributed by atoms with Crippen molar-refractivity contribution in [2.24, 2.45) is 5.41 Å². The van der Waals surface area contributed by atoms with Gasteiger partial charge >= 0.3 is 0 Å². The second-order valence-corrected chi connectivity index (χ2v) is 8.43. The molecule has 1 N–H and O–H groups in total. The van der Waals surface area contributed by atoms with Gasteiger partial charge < -0.3 is 14.8 Å². The minimum atomic E-state index is -0.171. The lowest BCUT2D eigenvalue weighted by Gasteiger charge is -2.36. The summed E-state index contributed by atoms with van der Waals surface area (Å²) < 4.78 is 12.6. The van der Waals surface area contributed by atoms with Crippen LogP contribution in [0.25, 0.3) is 5.69 Å². The van der Waals surface area contributed by atoms with Crippen LogP contribution in [-0.4, -0.2) is 29.9 Å². The molecule has 3 aromatic rings. The number of aromatic nitrogens is 2. The average Bonchev–Trinajstić information content (AvgIpc) is 3.16. The molecule has 2 aromatic carbocycles. The van der Waals surface area contributed by atoms with Crippen LogP contribution in [0.3, 0.4) is 0 Å². The van der Waals surface area contributed by atoms with E-state index in [1.165, 1.54) is 0 Å². The molecule has 0 radical (unpaired) electrons.